The minimum atomic E-state index is 0.760. The summed E-state index contributed by atoms with van der Waals surface area (Å²) in [6.07, 6.45) is 0. The van der Waals surface area contributed by atoms with Gasteiger partial charge in [0.25, 0.3) is 0 Å². The van der Waals surface area contributed by atoms with Crippen LogP contribution in [0, 0.1) is 6.92 Å². The maximum absolute atomic E-state index is 4.28. The van der Waals surface area contributed by atoms with E-state index in [2.05, 4.69) is 90.1 Å². The summed E-state index contributed by atoms with van der Waals surface area (Å²) in [5.74, 6) is 0.813. The van der Waals surface area contributed by atoms with E-state index >= 15 is 0 Å². The van der Waals surface area contributed by atoms with Crippen molar-refractivity contribution in [3.63, 3.8) is 0 Å². The van der Waals surface area contributed by atoms with E-state index in [-0.39, 0.29) is 0 Å². The lowest BCUT2D eigenvalue weighted by atomic mass is 10.1. The van der Waals surface area contributed by atoms with Crippen LogP contribution in [0.4, 0.5) is 0 Å². The molecule has 0 saturated heterocycles. The summed E-state index contributed by atoms with van der Waals surface area (Å²) < 4.78 is 0. The van der Waals surface area contributed by atoms with E-state index in [0.29, 0.717) is 0 Å². The van der Waals surface area contributed by atoms with Crippen LogP contribution in [0.2, 0.25) is 0 Å². The van der Waals surface area contributed by atoms with E-state index in [1.54, 1.807) is 7.05 Å². The van der Waals surface area contributed by atoms with Gasteiger partial charge in [-0.15, -0.1) is 0 Å². The molecule has 128 valence electrons. The zero-order valence-electron chi connectivity index (χ0n) is 15.1. The molecule has 0 amide bonds. The maximum atomic E-state index is 4.28. The van der Waals surface area contributed by atoms with Crippen molar-refractivity contribution in [2.75, 3.05) is 21.1 Å². The molecule has 2 aromatic carbocycles. The van der Waals surface area contributed by atoms with Gasteiger partial charge in [0.2, 0.25) is 0 Å². The molecule has 2 aromatic rings. The van der Waals surface area contributed by atoms with Crippen molar-refractivity contribution < 1.29 is 0 Å². The summed E-state index contributed by atoms with van der Waals surface area (Å²) in [5, 5.41) is 6.70. The summed E-state index contributed by atoms with van der Waals surface area (Å²) in [5.41, 5.74) is 5.09. The molecule has 0 aliphatic rings. The fourth-order valence-corrected chi connectivity index (χ4v) is 2.43. The molecule has 0 unspecified atom stereocenters. The predicted octanol–water partition coefficient (Wildman–Crippen LogP) is 2.92. The molecule has 0 fully saturated rings. The molecule has 0 heterocycles. The van der Waals surface area contributed by atoms with Gasteiger partial charge in [0.1, 0.15) is 0 Å². The highest BCUT2D eigenvalue weighted by Gasteiger charge is 2.00. The molecule has 4 nitrogen and oxygen atoms in total. The van der Waals surface area contributed by atoms with Crippen LogP contribution in [0.3, 0.4) is 0 Å². The predicted molar refractivity (Wildman–Crippen MR) is 102 cm³/mol. The van der Waals surface area contributed by atoms with Crippen LogP contribution in [0.1, 0.15) is 22.3 Å². The number of guanidine groups is 1. The quantitative estimate of drug-likeness (QED) is 0.634. The normalized spacial score (nSPS) is 11.6. The van der Waals surface area contributed by atoms with Gasteiger partial charge >= 0.3 is 0 Å². The van der Waals surface area contributed by atoms with E-state index < -0.39 is 0 Å². The zero-order valence-corrected chi connectivity index (χ0v) is 15.1. The number of nitrogens with one attached hydrogen (secondary N) is 2. The third-order valence-corrected chi connectivity index (χ3v) is 3.79. The van der Waals surface area contributed by atoms with Crippen molar-refractivity contribution in [3.8, 4) is 0 Å². The van der Waals surface area contributed by atoms with Crippen LogP contribution < -0.4 is 10.6 Å². The molecule has 0 atom stereocenters. The Balaban J connectivity index is 1.81. The van der Waals surface area contributed by atoms with Crippen LogP contribution in [0.15, 0.2) is 53.5 Å². The lowest BCUT2D eigenvalue weighted by Gasteiger charge is -2.13. The topological polar surface area (TPSA) is 39.7 Å². The summed E-state index contributed by atoms with van der Waals surface area (Å²) in [6, 6.07) is 17.2. The standard InChI is InChI=1S/C20H28N4/c1-16-5-7-17(8-6-16)13-22-20(21-2)23-14-18-9-11-19(12-10-18)15-24(3)4/h5-12H,13-15H2,1-4H3,(H2,21,22,23). The first-order chi connectivity index (χ1) is 11.6. The van der Waals surface area contributed by atoms with Crippen LogP contribution in [0.5, 0.6) is 0 Å². The van der Waals surface area contributed by atoms with Crippen LogP contribution >= 0.6 is 0 Å². The Labute approximate surface area is 145 Å². The lowest BCUT2D eigenvalue weighted by molar-refractivity contribution is 0.402. The van der Waals surface area contributed by atoms with Gasteiger partial charge in [-0.25, -0.2) is 0 Å². The van der Waals surface area contributed by atoms with E-state index in [1.807, 2.05) is 0 Å². The Morgan fingerprint density at radius 2 is 1.29 bits per heavy atom. The van der Waals surface area contributed by atoms with Gasteiger partial charge in [-0.05, 0) is 37.7 Å². The van der Waals surface area contributed by atoms with Crippen LogP contribution in [-0.4, -0.2) is 32.0 Å². The van der Waals surface area contributed by atoms with Crippen LogP contribution in [-0.2, 0) is 19.6 Å². The molecule has 4 heteroatoms. The number of hydrogen-bond acceptors (Lipinski definition) is 2. The Kier molecular flexibility index (Phi) is 6.82. The smallest absolute Gasteiger partial charge is 0.191 e. The summed E-state index contributed by atoms with van der Waals surface area (Å²) in [7, 11) is 5.96. The third-order valence-electron chi connectivity index (χ3n) is 3.79. The van der Waals surface area contributed by atoms with Crippen molar-refractivity contribution in [2.45, 2.75) is 26.6 Å². The average molecular weight is 324 g/mol. The maximum Gasteiger partial charge on any atom is 0.191 e. The first-order valence-corrected chi connectivity index (χ1v) is 8.29. The zero-order chi connectivity index (χ0) is 17.4. The van der Waals surface area contributed by atoms with E-state index in [0.717, 1.165) is 25.6 Å². The first kappa shape index (κ1) is 18.0. The number of nitrogens with zero attached hydrogens (tertiary/aromatic N) is 2. The molecule has 0 aliphatic heterocycles. The van der Waals surface area contributed by atoms with Gasteiger partial charge in [-0.3, -0.25) is 4.99 Å². The third kappa shape index (κ3) is 6.05. The molecule has 0 radical (unpaired) electrons. The van der Waals surface area contributed by atoms with Crippen molar-refractivity contribution in [1.29, 1.82) is 0 Å². The first-order valence-electron chi connectivity index (χ1n) is 8.29. The van der Waals surface area contributed by atoms with Crippen molar-refractivity contribution in [2.24, 2.45) is 4.99 Å². The van der Waals surface area contributed by atoms with Crippen LogP contribution in [0.25, 0.3) is 0 Å². The summed E-state index contributed by atoms with van der Waals surface area (Å²) in [6.45, 7) is 4.59. The average Bonchev–Trinajstić information content (AvgIpc) is 2.57. The van der Waals surface area contributed by atoms with Gasteiger partial charge < -0.3 is 15.5 Å². The minimum absolute atomic E-state index is 0.760. The minimum Gasteiger partial charge on any atom is -0.352 e. The fourth-order valence-electron chi connectivity index (χ4n) is 2.43. The second-order valence-corrected chi connectivity index (χ2v) is 6.32. The molecular formula is C20H28N4. The Morgan fingerprint density at radius 1 is 0.833 bits per heavy atom. The molecule has 0 aliphatic carbocycles. The van der Waals surface area contributed by atoms with E-state index in [4.69, 9.17) is 0 Å². The number of aliphatic imine (C=N–C) groups is 1. The molecule has 0 bridgehead atoms. The highest BCUT2D eigenvalue weighted by molar-refractivity contribution is 5.79. The number of hydrogen-bond donors (Lipinski definition) is 2. The molecule has 2 rings (SSSR count). The lowest BCUT2D eigenvalue weighted by Crippen LogP contribution is -2.36. The molecular weight excluding hydrogens is 296 g/mol. The summed E-state index contributed by atoms with van der Waals surface area (Å²) in [4.78, 5) is 6.45. The van der Waals surface area contributed by atoms with Gasteiger partial charge in [-0.1, -0.05) is 54.1 Å². The number of aryl methyl sites for hydroxylation is 1. The van der Waals surface area contributed by atoms with Gasteiger partial charge in [0.15, 0.2) is 5.96 Å². The summed E-state index contributed by atoms with van der Waals surface area (Å²) >= 11 is 0. The molecule has 0 aromatic heterocycles. The van der Waals surface area contributed by atoms with E-state index in [1.165, 1.54) is 22.3 Å². The van der Waals surface area contributed by atoms with Crippen molar-refractivity contribution >= 4 is 5.96 Å². The second-order valence-electron chi connectivity index (χ2n) is 6.32. The highest BCUT2D eigenvalue weighted by Crippen LogP contribution is 2.06. The largest absolute Gasteiger partial charge is 0.352 e. The van der Waals surface area contributed by atoms with Gasteiger partial charge in [0, 0.05) is 26.7 Å². The van der Waals surface area contributed by atoms with E-state index in [9.17, 15) is 0 Å². The molecule has 2 N–H and O–H groups in total. The Hall–Kier alpha value is -2.33. The van der Waals surface area contributed by atoms with Crippen molar-refractivity contribution in [3.05, 3.63) is 70.8 Å². The fraction of sp³-hybridized carbons (Fsp3) is 0.350. The van der Waals surface area contributed by atoms with Gasteiger partial charge in [-0.2, -0.15) is 0 Å². The molecule has 0 saturated carbocycles. The van der Waals surface area contributed by atoms with Crippen molar-refractivity contribution in [1.82, 2.24) is 15.5 Å². The Morgan fingerprint density at radius 3 is 1.75 bits per heavy atom. The van der Waals surface area contributed by atoms with Gasteiger partial charge in [0.05, 0.1) is 0 Å². The monoisotopic (exact) mass is 324 g/mol. The highest BCUT2D eigenvalue weighted by atomic mass is 15.2. The number of benzene rings is 2. The molecule has 24 heavy (non-hydrogen) atoms. The second kappa shape index (κ2) is 9.08. The SMILES string of the molecule is CN=C(NCc1ccc(C)cc1)NCc1ccc(CN(C)C)cc1. The Bertz CT molecular complexity index is 642. The number of rotatable bonds is 6. The molecule has 0 spiro atoms.